The van der Waals surface area contributed by atoms with E-state index >= 15 is 0 Å². The summed E-state index contributed by atoms with van der Waals surface area (Å²) in [6.45, 7) is 2.83. The number of azide groups is 2. The van der Waals surface area contributed by atoms with Crippen molar-refractivity contribution >= 4 is 15.2 Å². The van der Waals surface area contributed by atoms with Gasteiger partial charge in [0.15, 0.2) is 0 Å². The van der Waals surface area contributed by atoms with E-state index in [1.807, 2.05) is 0 Å². The van der Waals surface area contributed by atoms with Crippen LogP contribution in [-0.4, -0.2) is 63.3 Å². The molecular weight excluding hydrogens is 343 g/mol. The van der Waals surface area contributed by atoms with Crippen LogP contribution in [-0.2, 0) is 14.3 Å². The number of ether oxygens (including phenoxy) is 2. The third-order valence-corrected chi connectivity index (χ3v) is 3.57. The Morgan fingerprint density at radius 1 is 1.46 bits per heavy atom. The minimum Gasteiger partial charge on any atom is -0.477 e. The molecule has 0 spiro atoms. The van der Waals surface area contributed by atoms with Crippen LogP contribution in [0.15, 0.2) is 10.2 Å². The molecule has 0 aromatic rings. The van der Waals surface area contributed by atoms with E-state index < -0.39 is 54.4 Å². The van der Waals surface area contributed by atoms with Crippen LogP contribution in [0.1, 0.15) is 20.3 Å². The van der Waals surface area contributed by atoms with Crippen molar-refractivity contribution in [2.24, 2.45) is 10.2 Å². The lowest BCUT2D eigenvalue weighted by Gasteiger charge is -2.45. The van der Waals surface area contributed by atoms with Crippen LogP contribution in [0.3, 0.4) is 0 Å². The summed E-state index contributed by atoms with van der Waals surface area (Å²) in [7, 11) is 2.23. The number of carboxylic acid groups (broad SMARTS) is 1. The standard InChI is InChI=1S/C11H19N6O6P/c1-4(18)7(14-16-12)9-8(15-17-13)6(19)3-11(23-9,10(20)21)22-5(2)24/h4-9,18-19H,3,24H2,1-2H3,(H,20,21)/t4-,5?,6-,7-,8-,9?,11+/m1/s1. The van der Waals surface area contributed by atoms with Gasteiger partial charge in [0.1, 0.15) is 0 Å². The van der Waals surface area contributed by atoms with E-state index in [0.717, 1.165) is 0 Å². The van der Waals surface area contributed by atoms with E-state index in [1.165, 1.54) is 6.92 Å². The first kappa shape index (κ1) is 20.4. The number of hydrogen-bond acceptors (Lipinski definition) is 7. The Morgan fingerprint density at radius 2 is 2.08 bits per heavy atom. The molecule has 8 atom stereocenters. The molecule has 0 saturated carbocycles. The summed E-state index contributed by atoms with van der Waals surface area (Å²) in [6.07, 6.45) is -4.62. The van der Waals surface area contributed by atoms with E-state index in [9.17, 15) is 20.1 Å². The molecule has 0 bridgehead atoms. The molecule has 1 rings (SSSR count). The molecule has 0 aromatic carbocycles. The fourth-order valence-corrected chi connectivity index (χ4v) is 2.71. The average Bonchev–Trinajstić information content (AvgIpc) is 2.46. The molecule has 1 fully saturated rings. The van der Waals surface area contributed by atoms with Gasteiger partial charge in [0.05, 0.1) is 36.2 Å². The Morgan fingerprint density at radius 3 is 2.50 bits per heavy atom. The van der Waals surface area contributed by atoms with Crippen LogP contribution in [0.5, 0.6) is 0 Å². The highest BCUT2D eigenvalue weighted by atomic mass is 31.0. The summed E-state index contributed by atoms with van der Waals surface area (Å²) in [5.41, 5.74) is 17.3. The minimum absolute atomic E-state index is 0.510. The molecule has 0 radical (unpaired) electrons. The van der Waals surface area contributed by atoms with Gasteiger partial charge in [0.25, 0.3) is 5.79 Å². The average molecular weight is 362 g/mol. The van der Waals surface area contributed by atoms with E-state index in [1.54, 1.807) is 6.92 Å². The number of aliphatic carboxylic acids is 1. The molecule has 3 N–H and O–H groups in total. The highest BCUT2D eigenvalue weighted by molar-refractivity contribution is 7.17. The monoisotopic (exact) mass is 362 g/mol. The number of rotatable bonds is 7. The first-order chi connectivity index (χ1) is 11.2. The van der Waals surface area contributed by atoms with E-state index in [0.29, 0.717) is 0 Å². The van der Waals surface area contributed by atoms with Crippen molar-refractivity contribution in [2.75, 3.05) is 0 Å². The lowest BCUT2D eigenvalue weighted by molar-refractivity contribution is -0.300. The Bertz CT molecular complexity index is 543. The smallest absolute Gasteiger partial charge is 0.364 e. The molecule has 1 saturated heterocycles. The third kappa shape index (κ3) is 4.46. The molecule has 1 aliphatic rings. The van der Waals surface area contributed by atoms with Crippen molar-refractivity contribution in [1.29, 1.82) is 0 Å². The van der Waals surface area contributed by atoms with Crippen LogP contribution < -0.4 is 0 Å². The number of hydrogen-bond donors (Lipinski definition) is 3. The van der Waals surface area contributed by atoms with Gasteiger partial charge >= 0.3 is 5.97 Å². The molecule has 3 unspecified atom stereocenters. The van der Waals surface area contributed by atoms with Crippen LogP contribution in [0, 0.1) is 0 Å². The fraction of sp³-hybridized carbons (Fsp3) is 0.909. The quantitative estimate of drug-likeness (QED) is 0.260. The largest absolute Gasteiger partial charge is 0.477 e. The lowest BCUT2D eigenvalue weighted by atomic mass is 9.88. The lowest BCUT2D eigenvalue weighted by Crippen LogP contribution is -2.63. The minimum atomic E-state index is -2.25. The molecular formula is C11H19N6O6P. The van der Waals surface area contributed by atoms with Crippen molar-refractivity contribution in [3.8, 4) is 0 Å². The van der Waals surface area contributed by atoms with Gasteiger partial charge in [-0.05, 0) is 24.9 Å². The Labute approximate surface area is 139 Å². The second kappa shape index (κ2) is 8.46. The van der Waals surface area contributed by atoms with Crippen molar-refractivity contribution in [2.45, 2.75) is 62.3 Å². The Balaban J connectivity index is 3.37. The molecule has 134 valence electrons. The van der Waals surface area contributed by atoms with Crippen LogP contribution in [0.4, 0.5) is 0 Å². The summed E-state index contributed by atoms with van der Waals surface area (Å²) in [5.74, 6) is -4.40. The van der Waals surface area contributed by atoms with Gasteiger partial charge in [-0.2, -0.15) is 0 Å². The second-order valence-corrected chi connectivity index (χ2v) is 6.31. The number of aliphatic hydroxyl groups excluding tert-OH is 2. The van der Waals surface area contributed by atoms with Gasteiger partial charge in [-0.15, -0.1) is 9.24 Å². The summed E-state index contributed by atoms with van der Waals surface area (Å²) < 4.78 is 10.8. The van der Waals surface area contributed by atoms with Crippen molar-refractivity contribution in [3.63, 3.8) is 0 Å². The summed E-state index contributed by atoms with van der Waals surface area (Å²) in [6, 6.07) is -2.57. The SMILES string of the molecule is CC(P)O[C@@]1(C(=O)O)C[C@@H](O)[C@@H](N=[N+]=[N-])C([C@H](N=[N+]=[N-])[C@@H](C)O)O1. The maximum absolute atomic E-state index is 11.7. The Hall–Kier alpha value is -1.64. The fourth-order valence-electron chi connectivity index (χ4n) is 2.49. The topological polar surface area (TPSA) is 194 Å². The van der Waals surface area contributed by atoms with Crippen molar-refractivity contribution in [1.82, 2.24) is 0 Å². The summed E-state index contributed by atoms with van der Waals surface area (Å²) >= 11 is 0. The molecule has 24 heavy (non-hydrogen) atoms. The first-order valence-electron chi connectivity index (χ1n) is 6.97. The van der Waals surface area contributed by atoms with Gasteiger partial charge in [0.2, 0.25) is 0 Å². The first-order valence-corrected chi connectivity index (χ1v) is 7.64. The molecule has 0 aliphatic carbocycles. The molecule has 1 aliphatic heterocycles. The molecule has 13 heteroatoms. The van der Waals surface area contributed by atoms with E-state index in [4.69, 9.17) is 20.5 Å². The third-order valence-electron chi connectivity index (χ3n) is 3.44. The van der Waals surface area contributed by atoms with Gasteiger partial charge in [0, 0.05) is 16.2 Å². The predicted octanol–water partition coefficient (Wildman–Crippen LogP) is 0.893. The van der Waals surface area contributed by atoms with Gasteiger partial charge in [-0.25, -0.2) is 4.79 Å². The number of carboxylic acids is 1. The molecule has 0 aromatic heterocycles. The van der Waals surface area contributed by atoms with E-state index in [-0.39, 0.29) is 0 Å². The van der Waals surface area contributed by atoms with Crippen LogP contribution in [0.25, 0.3) is 20.9 Å². The zero-order chi connectivity index (χ0) is 18.5. The van der Waals surface area contributed by atoms with E-state index in [2.05, 4.69) is 29.3 Å². The molecule has 0 amide bonds. The zero-order valence-corrected chi connectivity index (χ0v) is 14.2. The van der Waals surface area contributed by atoms with Gasteiger partial charge in [-0.3, -0.25) is 0 Å². The number of nitrogens with zero attached hydrogens (tertiary/aromatic N) is 6. The number of carbonyl (C=O) groups is 1. The second-order valence-electron chi connectivity index (χ2n) is 5.37. The van der Waals surface area contributed by atoms with Gasteiger partial charge in [-0.1, -0.05) is 10.2 Å². The highest BCUT2D eigenvalue weighted by Crippen LogP contribution is 2.37. The molecule has 12 nitrogen and oxygen atoms in total. The van der Waals surface area contributed by atoms with Crippen molar-refractivity contribution < 1.29 is 29.6 Å². The predicted molar refractivity (Wildman–Crippen MR) is 83.7 cm³/mol. The summed E-state index contributed by atoms with van der Waals surface area (Å²) in [5, 5.41) is 36.3. The summed E-state index contributed by atoms with van der Waals surface area (Å²) in [4.78, 5) is 16.9. The highest BCUT2D eigenvalue weighted by Gasteiger charge is 2.55. The van der Waals surface area contributed by atoms with Gasteiger partial charge < -0.3 is 24.8 Å². The number of aliphatic hydroxyl groups is 2. The Kier molecular flexibility index (Phi) is 7.19. The maximum Gasteiger partial charge on any atom is 0.364 e. The normalized spacial score (nSPS) is 33.5. The maximum atomic E-state index is 11.7. The zero-order valence-electron chi connectivity index (χ0n) is 13.0. The van der Waals surface area contributed by atoms with Crippen LogP contribution in [0.2, 0.25) is 0 Å². The van der Waals surface area contributed by atoms with Crippen LogP contribution >= 0.6 is 9.24 Å². The van der Waals surface area contributed by atoms with Crippen molar-refractivity contribution in [3.05, 3.63) is 20.9 Å². The molecule has 1 heterocycles.